The number of nitrogens with one attached hydrogen (secondary N) is 1. The predicted molar refractivity (Wildman–Crippen MR) is 45.2 cm³/mol. The molecule has 10 heavy (non-hydrogen) atoms. The van der Waals surface area contributed by atoms with Gasteiger partial charge in [0.15, 0.2) is 0 Å². The molecule has 0 aliphatic heterocycles. The van der Waals surface area contributed by atoms with Crippen LogP contribution in [0.15, 0.2) is 30.3 Å². The van der Waals surface area contributed by atoms with Crippen LogP contribution < -0.4 is 5.32 Å². The molecule has 0 bridgehead atoms. The second-order valence-corrected chi connectivity index (χ2v) is 2.29. The first-order valence-electron chi connectivity index (χ1n) is 3.72. The minimum Gasteiger partial charge on any atom is -0.385 e. The van der Waals surface area contributed by atoms with Gasteiger partial charge in [-0.1, -0.05) is 25.1 Å². The first-order valence-corrected chi connectivity index (χ1v) is 3.72. The number of anilines is 1. The Morgan fingerprint density at radius 2 is 1.90 bits per heavy atom. The highest BCUT2D eigenvalue weighted by Crippen LogP contribution is 2.03. The first-order chi connectivity index (χ1) is 4.93. The summed E-state index contributed by atoms with van der Waals surface area (Å²) in [4.78, 5) is 0. The van der Waals surface area contributed by atoms with Crippen LogP contribution in [0.5, 0.6) is 0 Å². The van der Waals surface area contributed by atoms with Crippen LogP contribution in [0.3, 0.4) is 0 Å². The largest absolute Gasteiger partial charge is 0.385 e. The van der Waals surface area contributed by atoms with Gasteiger partial charge in [0.2, 0.25) is 0 Å². The Kier molecular flexibility index (Phi) is 2.81. The van der Waals surface area contributed by atoms with E-state index in [-0.39, 0.29) is 0 Å². The molecule has 0 aliphatic carbocycles. The van der Waals surface area contributed by atoms with Crippen molar-refractivity contribution in [3.8, 4) is 0 Å². The highest BCUT2D eigenvalue weighted by atomic mass is 14.9. The highest BCUT2D eigenvalue weighted by molar-refractivity contribution is 5.42. The third-order valence-electron chi connectivity index (χ3n) is 1.35. The van der Waals surface area contributed by atoms with E-state index in [1.54, 1.807) is 0 Å². The van der Waals surface area contributed by atoms with Crippen LogP contribution in [0.4, 0.5) is 5.69 Å². The van der Waals surface area contributed by atoms with Gasteiger partial charge in [-0.05, 0) is 18.6 Å². The van der Waals surface area contributed by atoms with E-state index in [2.05, 4.69) is 24.4 Å². The van der Waals surface area contributed by atoms with Crippen LogP contribution in [-0.2, 0) is 0 Å². The highest BCUT2D eigenvalue weighted by Gasteiger charge is 1.84. The molecule has 1 nitrogen and oxygen atoms in total. The van der Waals surface area contributed by atoms with Gasteiger partial charge in [-0.2, -0.15) is 0 Å². The fourth-order valence-corrected chi connectivity index (χ4v) is 0.825. The van der Waals surface area contributed by atoms with E-state index in [1.165, 1.54) is 12.1 Å². The summed E-state index contributed by atoms with van der Waals surface area (Å²) in [6.45, 7) is 3.22. The Bertz CT molecular complexity index is 169. The molecule has 1 heteroatoms. The predicted octanol–water partition coefficient (Wildman–Crippen LogP) is 2.51. The smallest absolute Gasteiger partial charge is 0.0340 e. The molecule has 0 spiro atoms. The molecule has 0 aliphatic rings. The Morgan fingerprint density at radius 3 is 2.50 bits per heavy atom. The summed E-state index contributed by atoms with van der Waals surface area (Å²) < 4.78 is 0. The molecule has 0 fully saturated rings. The first kappa shape index (κ1) is 7.13. The zero-order chi connectivity index (χ0) is 7.23. The third-order valence-corrected chi connectivity index (χ3v) is 1.35. The summed E-state index contributed by atoms with van der Waals surface area (Å²) in [6.07, 6.45) is 1.18. The zero-order valence-electron chi connectivity index (χ0n) is 6.30. The Morgan fingerprint density at radius 1 is 1.20 bits per heavy atom. The van der Waals surface area contributed by atoms with Crippen molar-refractivity contribution in [2.45, 2.75) is 13.3 Å². The molecular formula is C9H13N. The van der Waals surface area contributed by atoms with Gasteiger partial charge in [0.25, 0.3) is 0 Å². The number of para-hydroxylation sites is 1. The summed E-state index contributed by atoms with van der Waals surface area (Å²) in [6, 6.07) is 10.3. The molecule has 0 radical (unpaired) electrons. The van der Waals surface area contributed by atoms with E-state index < -0.39 is 0 Å². The molecule has 1 rings (SSSR count). The Balaban J connectivity index is 2.43. The van der Waals surface area contributed by atoms with E-state index in [0.717, 1.165) is 6.54 Å². The van der Waals surface area contributed by atoms with Crippen LogP contribution in [-0.4, -0.2) is 6.54 Å². The minimum absolute atomic E-state index is 1.06. The van der Waals surface area contributed by atoms with Gasteiger partial charge in [0.05, 0.1) is 0 Å². The second-order valence-electron chi connectivity index (χ2n) is 2.29. The van der Waals surface area contributed by atoms with Crippen molar-refractivity contribution < 1.29 is 0 Å². The van der Waals surface area contributed by atoms with Gasteiger partial charge in [-0.3, -0.25) is 0 Å². The molecule has 0 amide bonds. The van der Waals surface area contributed by atoms with Gasteiger partial charge in [0, 0.05) is 12.2 Å². The molecule has 0 saturated heterocycles. The van der Waals surface area contributed by atoms with Crippen molar-refractivity contribution in [2.24, 2.45) is 0 Å². The molecule has 0 unspecified atom stereocenters. The summed E-state index contributed by atoms with van der Waals surface area (Å²) >= 11 is 0. The van der Waals surface area contributed by atoms with Gasteiger partial charge >= 0.3 is 0 Å². The van der Waals surface area contributed by atoms with Gasteiger partial charge < -0.3 is 5.32 Å². The maximum atomic E-state index is 3.29. The third kappa shape index (κ3) is 2.09. The number of hydrogen-bond donors (Lipinski definition) is 1. The van der Waals surface area contributed by atoms with Crippen LogP contribution in [0, 0.1) is 0 Å². The molecule has 0 atom stereocenters. The normalized spacial score (nSPS) is 9.30. The topological polar surface area (TPSA) is 12.0 Å². The van der Waals surface area contributed by atoms with Crippen molar-refractivity contribution in [3.63, 3.8) is 0 Å². The lowest BCUT2D eigenvalue weighted by molar-refractivity contribution is 0.980. The van der Waals surface area contributed by atoms with Crippen LogP contribution in [0.2, 0.25) is 0 Å². The summed E-state index contributed by atoms with van der Waals surface area (Å²) in [5.74, 6) is 0. The average molecular weight is 135 g/mol. The van der Waals surface area contributed by atoms with Crippen molar-refractivity contribution in [1.82, 2.24) is 0 Å². The summed E-state index contributed by atoms with van der Waals surface area (Å²) in [7, 11) is 0. The van der Waals surface area contributed by atoms with E-state index in [1.807, 2.05) is 18.2 Å². The molecule has 1 aromatic carbocycles. The van der Waals surface area contributed by atoms with Crippen molar-refractivity contribution in [1.29, 1.82) is 0 Å². The van der Waals surface area contributed by atoms with E-state index in [9.17, 15) is 0 Å². The Hall–Kier alpha value is -0.980. The Labute approximate surface area is 62.1 Å². The van der Waals surface area contributed by atoms with E-state index in [0.29, 0.717) is 0 Å². The fraction of sp³-hybridized carbons (Fsp3) is 0.333. The van der Waals surface area contributed by atoms with E-state index in [4.69, 9.17) is 0 Å². The SMILES string of the molecule is CCCNc1ccccc1. The number of benzene rings is 1. The number of hydrogen-bond acceptors (Lipinski definition) is 1. The lowest BCUT2D eigenvalue weighted by Gasteiger charge is -2.01. The average Bonchev–Trinajstić information content (AvgIpc) is 2.03. The quantitative estimate of drug-likeness (QED) is 0.671. The minimum atomic E-state index is 1.06. The summed E-state index contributed by atoms with van der Waals surface area (Å²) in [5.41, 5.74) is 1.21. The van der Waals surface area contributed by atoms with Crippen LogP contribution in [0.25, 0.3) is 0 Å². The maximum absolute atomic E-state index is 3.29. The second kappa shape index (κ2) is 3.94. The lowest BCUT2D eigenvalue weighted by atomic mass is 10.3. The molecule has 0 heterocycles. The fourth-order valence-electron chi connectivity index (χ4n) is 0.825. The number of rotatable bonds is 3. The van der Waals surface area contributed by atoms with Crippen molar-refractivity contribution >= 4 is 5.69 Å². The lowest BCUT2D eigenvalue weighted by Crippen LogP contribution is -1.98. The molecule has 1 N–H and O–H groups in total. The van der Waals surface area contributed by atoms with Gasteiger partial charge in [-0.15, -0.1) is 0 Å². The van der Waals surface area contributed by atoms with Crippen molar-refractivity contribution in [3.05, 3.63) is 30.3 Å². The van der Waals surface area contributed by atoms with Crippen LogP contribution >= 0.6 is 0 Å². The molecular weight excluding hydrogens is 122 g/mol. The molecule has 1 aromatic rings. The molecule has 0 saturated carbocycles. The monoisotopic (exact) mass is 135 g/mol. The van der Waals surface area contributed by atoms with Crippen molar-refractivity contribution in [2.75, 3.05) is 11.9 Å². The summed E-state index contributed by atoms with van der Waals surface area (Å²) in [5, 5.41) is 3.29. The zero-order valence-corrected chi connectivity index (χ0v) is 6.30. The van der Waals surface area contributed by atoms with Gasteiger partial charge in [0.1, 0.15) is 0 Å². The maximum Gasteiger partial charge on any atom is 0.0340 e. The van der Waals surface area contributed by atoms with E-state index >= 15 is 0 Å². The molecule has 54 valence electrons. The molecule has 0 aromatic heterocycles. The standard InChI is InChI=1S/C9H13N/c1-2-8-10-9-6-4-3-5-7-9/h3-7,10H,2,8H2,1H3. The van der Waals surface area contributed by atoms with Gasteiger partial charge in [-0.25, -0.2) is 0 Å². The van der Waals surface area contributed by atoms with Crippen LogP contribution in [0.1, 0.15) is 13.3 Å².